The average molecular weight is 234 g/mol. The summed E-state index contributed by atoms with van der Waals surface area (Å²) in [5, 5.41) is 0. The summed E-state index contributed by atoms with van der Waals surface area (Å²) in [6, 6.07) is 8.78. The lowest BCUT2D eigenvalue weighted by atomic mass is 9.96. The highest BCUT2D eigenvalue weighted by atomic mass is 16.5. The van der Waals surface area contributed by atoms with Gasteiger partial charge in [0.1, 0.15) is 0 Å². The van der Waals surface area contributed by atoms with Gasteiger partial charge in [0, 0.05) is 6.61 Å². The van der Waals surface area contributed by atoms with Gasteiger partial charge >= 0.3 is 0 Å². The molecule has 1 fully saturated rings. The normalized spacial score (nSPS) is 22.0. The molecule has 0 amide bonds. The number of nitrogens with one attached hydrogen (secondary N) is 1. The molecule has 3 N–H and O–H groups in total. The first-order valence-electron chi connectivity index (χ1n) is 6.40. The summed E-state index contributed by atoms with van der Waals surface area (Å²) >= 11 is 0. The summed E-state index contributed by atoms with van der Waals surface area (Å²) in [5.41, 5.74) is 5.45. The first-order valence-corrected chi connectivity index (χ1v) is 6.40. The van der Waals surface area contributed by atoms with Crippen molar-refractivity contribution in [1.82, 2.24) is 5.43 Å². The Balaban J connectivity index is 2.13. The Hall–Kier alpha value is -0.900. The Morgan fingerprint density at radius 1 is 1.24 bits per heavy atom. The summed E-state index contributed by atoms with van der Waals surface area (Å²) in [6.45, 7) is 5.26. The summed E-state index contributed by atoms with van der Waals surface area (Å²) < 4.78 is 5.70. The second-order valence-electron chi connectivity index (χ2n) is 5.02. The van der Waals surface area contributed by atoms with Crippen LogP contribution >= 0.6 is 0 Å². The lowest BCUT2D eigenvalue weighted by molar-refractivity contribution is 0.0783. The molecule has 1 aromatic carbocycles. The molecule has 0 saturated carbocycles. The SMILES string of the molecule is CC(C)c1ccc(C(NN)C2CCCO2)cc1. The maximum absolute atomic E-state index is 5.70. The minimum atomic E-state index is 0.110. The standard InChI is InChI=1S/C14H22N2O/c1-10(2)11-5-7-12(8-6-11)14(16-15)13-4-3-9-17-13/h5-8,10,13-14,16H,3-4,9,15H2,1-2H3. The predicted octanol–water partition coefficient (Wildman–Crippen LogP) is 2.49. The van der Waals surface area contributed by atoms with E-state index >= 15 is 0 Å². The van der Waals surface area contributed by atoms with Crippen LogP contribution in [0.2, 0.25) is 0 Å². The quantitative estimate of drug-likeness (QED) is 0.621. The molecule has 0 aromatic heterocycles. The topological polar surface area (TPSA) is 47.3 Å². The highest BCUT2D eigenvalue weighted by Gasteiger charge is 2.26. The number of ether oxygens (including phenoxy) is 1. The van der Waals surface area contributed by atoms with Crippen molar-refractivity contribution in [3.8, 4) is 0 Å². The Bertz CT molecular complexity index is 342. The van der Waals surface area contributed by atoms with Gasteiger partial charge in [-0.1, -0.05) is 38.1 Å². The summed E-state index contributed by atoms with van der Waals surface area (Å²) in [6.07, 6.45) is 2.43. The summed E-state index contributed by atoms with van der Waals surface area (Å²) in [7, 11) is 0. The molecule has 2 rings (SSSR count). The zero-order valence-corrected chi connectivity index (χ0v) is 10.6. The monoisotopic (exact) mass is 234 g/mol. The fraction of sp³-hybridized carbons (Fsp3) is 0.571. The van der Waals surface area contributed by atoms with Crippen LogP contribution in [-0.4, -0.2) is 12.7 Å². The maximum atomic E-state index is 5.70. The summed E-state index contributed by atoms with van der Waals surface area (Å²) in [5.74, 6) is 6.22. The van der Waals surface area contributed by atoms with E-state index in [0.29, 0.717) is 5.92 Å². The van der Waals surface area contributed by atoms with Crippen LogP contribution in [0.25, 0.3) is 0 Å². The highest BCUT2D eigenvalue weighted by Crippen LogP contribution is 2.27. The van der Waals surface area contributed by atoms with Crippen LogP contribution in [0.4, 0.5) is 0 Å². The van der Waals surface area contributed by atoms with Crippen molar-refractivity contribution < 1.29 is 4.74 Å². The zero-order valence-electron chi connectivity index (χ0n) is 10.6. The molecule has 1 heterocycles. The molecular weight excluding hydrogens is 212 g/mol. The number of nitrogens with two attached hydrogens (primary N) is 1. The number of benzene rings is 1. The van der Waals surface area contributed by atoms with Crippen molar-refractivity contribution >= 4 is 0 Å². The molecule has 3 nitrogen and oxygen atoms in total. The summed E-state index contributed by atoms with van der Waals surface area (Å²) in [4.78, 5) is 0. The van der Waals surface area contributed by atoms with E-state index in [4.69, 9.17) is 10.6 Å². The number of hydrogen-bond donors (Lipinski definition) is 2. The molecule has 1 saturated heterocycles. The van der Waals surface area contributed by atoms with Gasteiger partial charge in [0.25, 0.3) is 0 Å². The molecule has 94 valence electrons. The van der Waals surface area contributed by atoms with Crippen LogP contribution in [0.1, 0.15) is 49.8 Å². The van der Waals surface area contributed by atoms with E-state index in [1.54, 1.807) is 0 Å². The van der Waals surface area contributed by atoms with Crippen molar-refractivity contribution in [3.63, 3.8) is 0 Å². The van der Waals surface area contributed by atoms with Gasteiger partial charge in [-0.15, -0.1) is 0 Å². The van der Waals surface area contributed by atoms with Gasteiger partial charge < -0.3 is 4.74 Å². The van der Waals surface area contributed by atoms with Crippen LogP contribution < -0.4 is 11.3 Å². The molecule has 0 spiro atoms. The van der Waals surface area contributed by atoms with Crippen LogP contribution in [0.15, 0.2) is 24.3 Å². The smallest absolute Gasteiger partial charge is 0.0783 e. The van der Waals surface area contributed by atoms with Crippen molar-refractivity contribution in [3.05, 3.63) is 35.4 Å². The van der Waals surface area contributed by atoms with E-state index in [2.05, 4.69) is 43.5 Å². The number of hydrazine groups is 1. The largest absolute Gasteiger partial charge is 0.376 e. The zero-order chi connectivity index (χ0) is 12.3. The molecular formula is C14H22N2O. The van der Waals surface area contributed by atoms with Gasteiger partial charge in [0.05, 0.1) is 12.1 Å². The van der Waals surface area contributed by atoms with E-state index < -0.39 is 0 Å². The maximum Gasteiger partial charge on any atom is 0.0783 e. The van der Waals surface area contributed by atoms with Gasteiger partial charge in [-0.3, -0.25) is 11.3 Å². The minimum absolute atomic E-state index is 0.110. The van der Waals surface area contributed by atoms with Gasteiger partial charge in [-0.05, 0) is 29.9 Å². The molecule has 0 bridgehead atoms. The first kappa shape index (κ1) is 12.6. The van der Waals surface area contributed by atoms with E-state index in [1.165, 1.54) is 11.1 Å². The lowest BCUT2D eigenvalue weighted by Crippen LogP contribution is -2.36. The predicted molar refractivity (Wildman–Crippen MR) is 69.6 cm³/mol. The van der Waals surface area contributed by atoms with Crippen molar-refractivity contribution in [2.45, 2.75) is 44.8 Å². The third-order valence-corrected chi connectivity index (χ3v) is 3.48. The molecule has 3 heteroatoms. The minimum Gasteiger partial charge on any atom is -0.376 e. The van der Waals surface area contributed by atoms with Gasteiger partial charge in [0.15, 0.2) is 0 Å². The second-order valence-corrected chi connectivity index (χ2v) is 5.02. The first-order chi connectivity index (χ1) is 8.22. The van der Waals surface area contributed by atoms with E-state index in [0.717, 1.165) is 19.4 Å². The lowest BCUT2D eigenvalue weighted by Gasteiger charge is -2.23. The number of rotatable bonds is 4. The molecule has 0 aliphatic carbocycles. The Kier molecular flexibility index (Phi) is 4.15. The number of hydrogen-bond acceptors (Lipinski definition) is 3. The van der Waals surface area contributed by atoms with Gasteiger partial charge in [0.2, 0.25) is 0 Å². The second kappa shape index (κ2) is 5.63. The fourth-order valence-electron chi connectivity index (χ4n) is 2.37. The van der Waals surface area contributed by atoms with Crippen molar-refractivity contribution in [1.29, 1.82) is 0 Å². The third kappa shape index (κ3) is 2.86. The molecule has 0 radical (unpaired) electrons. The van der Waals surface area contributed by atoms with Crippen LogP contribution in [0, 0.1) is 0 Å². The van der Waals surface area contributed by atoms with Gasteiger partial charge in [-0.25, -0.2) is 0 Å². The Morgan fingerprint density at radius 2 is 1.88 bits per heavy atom. The Labute approximate surface area is 103 Å². The third-order valence-electron chi connectivity index (χ3n) is 3.48. The molecule has 2 atom stereocenters. The molecule has 1 aliphatic rings. The van der Waals surface area contributed by atoms with E-state index in [1.807, 2.05) is 0 Å². The molecule has 2 unspecified atom stereocenters. The van der Waals surface area contributed by atoms with E-state index in [9.17, 15) is 0 Å². The highest BCUT2D eigenvalue weighted by molar-refractivity contribution is 5.27. The van der Waals surface area contributed by atoms with Crippen molar-refractivity contribution in [2.75, 3.05) is 6.61 Å². The fourth-order valence-corrected chi connectivity index (χ4v) is 2.37. The Morgan fingerprint density at radius 3 is 2.35 bits per heavy atom. The average Bonchev–Trinajstić information content (AvgIpc) is 2.84. The molecule has 1 aromatic rings. The van der Waals surface area contributed by atoms with Crippen molar-refractivity contribution in [2.24, 2.45) is 5.84 Å². The van der Waals surface area contributed by atoms with Crippen LogP contribution in [0.5, 0.6) is 0 Å². The van der Waals surface area contributed by atoms with Gasteiger partial charge in [-0.2, -0.15) is 0 Å². The molecule has 1 aliphatic heterocycles. The van der Waals surface area contributed by atoms with Crippen LogP contribution in [-0.2, 0) is 4.74 Å². The van der Waals surface area contributed by atoms with Crippen LogP contribution in [0.3, 0.4) is 0 Å². The molecule has 17 heavy (non-hydrogen) atoms. The van der Waals surface area contributed by atoms with E-state index in [-0.39, 0.29) is 12.1 Å².